The largest absolute Gasteiger partial charge is 0.453 e. The minimum Gasteiger partial charge on any atom is -0.453 e. The van der Waals surface area contributed by atoms with Gasteiger partial charge in [-0.15, -0.1) is 0 Å². The van der Waals surface area contributed by atoms with Crippen LogP contribution in [0, 0.1) is 5.92 Å². The molecule has 196 valence electrons. The predicted octanol–water partition coefficient (Wildman–Crippen LogP) is 3.33. The molecule has 0 unspecified atom stereocenters. The summed E-state index contributed by atoms with van der Waals surface area (Å²) < 4.78 is 12.2. The lowest BCUT2D eigenvalue weighted by Gasteiger charge is -2.33. The second-order valence-corrected chi connectivity index (χ2v) is 9.70. The summed E-state index contributed by atoms with van der Waals surface area (Å²) >= 11 is 0. The van der Waals surface area contributed by atoms with Crippen LogP contribution in [-0.4, -0.2) is 83.2 Å². The van der Waals surface area contributed by atoms with E-state index in [1.165, 1.54) is 7.11 Å². The van der Waals surface area contributed by atoms with E-state index in [9.17, 15) is 9.59 Å². The summed E-state index contributed by atoms with van der Waals surface area (Å²) in [5.41, 5.74) is 2.24. The number of likely N-dealkylation sites (tertiary alicyclic amines) is 1. The molecule has 11 nitrogen and oxygen atoms in total. The van der Waals surface area contributed by atoms with Crippen LogP contribution in [0.1, 0.15) is 32.7 Å². The van der Waals surface area contributed by atoms with Gasteiger partial charge in [-0.3, -0.25) is 10.1 Å². The van der Waals surface area contributed by atoms with Crippen LogP contribution >= 0.6 is 0 Å². The molecule has 2 aliphatic heterocycles. The molecular formula is C26H33N7O4. The van der Waals surface area contributed by atoms with E-state index in [1.807, 2.05) is 41.8 Å². The maximum atomic E-state index is 12.5. The molecule has 5 rings (SSSR count). The number of morpholine rings is 1. The smallest absolute Gasteiger partial charge is 0.411 e. The quantitative estimate of drug-likeness (QED) is 0.559. The van der Waals surface area contributed by atoms with Crippen LogP contribution < -0.4 is 10.2 Å². The summed E-state index contributed by atoms with van der Waals surface area (Å²) in [7, 11) is 1.33. The minimum atomic E-state index is -0.523. The second kappa shape index (κ2) is 10.7. The monoisotopic (exact) mass is 507 g/mol. The zero-order valence-electron chi connectivity index (χ0n) is 21.5. The van der Waals surface area contributed by atoms with Crippen LogP contribution in [0.25, 0.3) is 22.4 Å². The number of ether oxygens (including phenoxy) is 2. The number of carbonyl (C=O) groups excluding carboxylic acids is 2. The normalized spacial score (nSPS) is 16.9. The summed E-state index contributed by atoms with van der Waals surface area (Å²) in [6.07, 6.45) is 2.99. The number of fused-ring (bicyclic) bond motifs is 1. The number of rotatable bonds is 5. The van der Waals surface area contributed by atoms with E-state index in [1.54, 1.807) is 12.1 Å². The Kier molecular flexibility index (Phi) is 7.22. The number of anilines is 2. The Morgan fingerprint density at radius 1 is 1.05 bits per heavy atom. The highest BCUT2D eigenvalue weighted by atomic mass is 16.5. The molecule has 1 N–H and O–H groups in total. The van der Waals surface area contributed by atoms with Gasteiger partial charge in [-0.05, 0) is 37.1 Å². The molecule has 2 amide bonds. The Bertz CT molecular complexity index is 1260. The van der Waals surface area contributed by atoms with Crippen molar-refractivity contribution in [3.63, 3.8) is 0 Å². The van der Waals surface area contributed by atoms with Gasteiger partial charge in [-0.2, -0.15) is 5.10 Å². The van der Waals surface area contributed by atoms with Crippen molar-refractivity contribution in [2.45, 2.75) is 32.7 Å². The molecule has 11 heteroatoms. The zero-order valence-corrected chi connectivity index (χ0v) is 21.5. The number of carbonyl (C=O) groups is 2. The van der Waals surface area contributed by atoms with Crippen molar-refractivity contribution in [1.29, 1.82) is 0 Å². The zero-order chi connectivity index (χ0) is 25.9. The molecule has 0 radical (unpaired) electrons. The van der Waals surface area contributed by atoms with Gasteiger partial charge in [0.25, 0.3) is 0 Å². The van der Waals surface area contributed by atoms with Crippen molar-refractivity contribution < 1.29 is 19.1 Å². The summed E-state index contributed by atoms with van der Waals surface area (Å²) in [6.45, 7) is 8.09. The number of benzene rings is 1. The topological polar surface area (TPSA) is 115 Å². The number of aromatic nitrogens is 4. The minimum absolute atomic E-state index is 0.00247. The first kappa shape index (κ1) is 24.9. The molecule has 2 saturated heterocycles. The van der Waals surface area contributed by atoms with E-state index in [2.05, 4.69) is 15.0 Å². The van der Waals surface area contributed by atoms with Crippen LogP contribution in [0.15, 0.2) is 30.5 Å². The average molecular weight is 508 g/mol. The molecule has 2 aromatic heterocycles. The lowest BCUT2D eigenvalue weighted by molar-refractivity contribution is -0.135. The first-order valence-electron chi connectivity index (χ1n) is 12.8. The number of piperidine rings is 1. The van der Waals surface area contributed by atoms with E-state index >= 15 is 0 Å². The summed E-state index contributed by atoms with van der Waals surface area (Å²) in [5.74, 6) is 1.64. The summed E-state index contributed by atoms with van der Waals surface area (Å²) in [5, 5.41) is 8.34. The molecule has 0 aliphatic carbocycles. The molecule has 37 heavy (non-hydrogen) atoms. The predicted molar refractivity (Wildman–Crippen MR) is 140 cm³/mol. The fourth-order valence-electron chi connectivity index (χ4n) is 4.89. The number of methoxy groups -OCH3 is 1. The van der Waals surface area contributed by atoms with Gasteiger partial charge < -0.3 is 19.3 Å². The summed E-state index contributed by atoms with van der Waals surface area (Å²) in [4.78, 5) is 38.1. The van der Waals surface area contributed by atoms with Gasteiger partial charge in [0.1, 0.15) is 5.82 Å². The first-order chi connectivity index (χ1) is 17.9. The second-order valence-electron chi connectivity index (χ2n) is 9.70. The molecule has 4 heterocycles. The van der Waals surface area contributed by atoms with Crippen LogP contribution in [0.4, 0.5) is 16.3 Å². The highest BCUT2D eigenvalue weighted by molar-refractivity contribution is 5.89. The Balaban J connectivity index is 1.48. The molecule has 3 aromatic rings. The van der Waals surface area contributed by atoms with Gasteiger partial charge in [0.2, 0.25) is 5.91 Å². The highest BCUT2D eigenvalue weighted by Gasteiger charge is 2.28. The van der Waals surface area contributed by atoms with Gasteiger partial charge >= 0.3 is 6.09 Å². The average Bonchev–Trinajstić information content (AvgIpc) is 3.37. The van der Waals surface area contributed by atoms with E-state index in [0.29, 0.717) is 37.8 Å². The van der Waals surface area contributed by atoms with Gasteiger partial charge in [-0.25, -0.2) is 19.4 Å². The van der Waals surface area contributed by atoms with Crippen molar-refractivity contribution in [3.05, 3.63) is 30.5 Å². The fraction of sp³-hybridized carbons (Fsp3) is 0.500. The molecule has 2 aliphatic rings. The Hall–Kier alpha value is -3.73. The molecular weight excluding hydrogens is 474 g/mol. The van der Waals surface area contributed by atoms with Gasteiger partial charge in [0.05, 0.1) is 37.9 Å². The van der Waals surface area contributed by atoms with Crippen molar-refractivity contribution in [2.75, 3.05) is 56.7 Å². The molecule has 1 aromatic carbocycles. The summed E-state index contributed by atoms with van der Waals surface area (Å²) in [6, 6.07) is 7.51. The standard InChI is InChI=1S/C26H33N7O4/c1-17(2)25(34)32-10-8-20(9-11-32)33-24-21(16-27-33)23(31-12-14-37-15-13-31)29-22(30-24)18-4-6-19(7-5-18)28-26(35)36-3/h4-7,16-17,20H,8-15H2,1-3H3,(H,28,35). The van der Waals surface area contributed by atoms with Crippen LogP contribution in [0.2, 0.25) is 0 Å². The Morgan fingerprint density at radius 2 is 1.76 bits per heavy atom. The Morgan fingerprint density at radius 3 is 2.41 bits per heavy atom. The molecule has 0 atom stereocenters. The third-order valence-electron chi connectivity index (χ3n) is 6.94. The van der Waals surface area contributed by atoms with Crippen LogP contribution in [-0.2, 0) is 14.3 Å². The highest BCUT2D eigenvalue weighted by Crippen LogP contribution is 2.32. The van der Waals surface area contributed by atoms with E-state index < -0.39 is 6.09 Å². The molecule has 0 bridgehead atoms. The maximum Gasteiger partial charge on any atom is 0.411 e. The van der Waals surface area contributed by atoms with Crippen LogP contribution in [0.3, 0.4) is 0 Å². The molecule has 0 spiro atoms. The van der Waals surface area contributed by atoms with Crippen LogP contribution in [0.5, 0.6) is 0 Å². The first-order valence-corrected chi connectivity index (χ1v) is 12.8. The SMILES string of the molecule is COC(=O)Nc1ccc(-c2nc(N3CCOCC3)c3cnn(C4CCN(C(=O)C(C)C)CC4)c3n2)cc1. The third-order valence-corrected chi connectivity index (χ3v) is 6.94. The number of nitrogens with zero attached hydrogens (tertiary/aromatic N) is 6. The maximum absolute atomic E-state index is 12.5. The van der Waals surface area contributed by atoms with Crippen molar-refractivity contribution in [2.24, 2.45) is 5.92 Å². The number of hydrogen-bond acceptors (Lipinski definition) is 8. The van der Waals surface area contributed by atoms with Gasteiger partial charge in [0.15, 0.2) is 11.5 Å². The van der Waals surface area contributed by atoms with Gasteiger partial charge in [0, 0.05) is 43.3 Å². The van der Waals surface area contributed by atoms with Crippen molar-refractivity contribution >= 4 is 34.5 Å². The van der Waals surface area contributed by atoms with Gasteiger partial charge in [-0.1, -0.05) is 13.8 Å². The van der Waals surface area contributed by atoms with E-state index in [-0.39, 0.29) is 17.9 Å². The number of amides is 2. The van der Waals surface area contributed by atoms with E-state index in [4.69, 9.17) is 19.8 Å². The Labute approximate surface area is 215 Å². The molecule has 0 saturated carbocycles. The molecule has 2 fully saturated rings. The third kappa shape index (κ3) is 5.22. The van der Waals surface area contributed by atoms with Crippen molar-refractivity contribution in [3.8, 4) is 11.4 Å². The lowest BCUT2D eigenvalue weighted by atomic mass is 10.0. The number of nitrogens with one attached hydrogen (secondary N) is 1. The lowest BCUT2D eigenvalue weighted by Crippen LogP contribution is -2.41. The van der Waals surface area contributed by atoms with E-state index in [0.717, 1.165) is 48.3 Å². The van der Waals surface area contributed by atoms with Crippen molar-refractivity contribution in [1.82, 2.24) is 24.6 Å². The number of hydrogen-bond donors (Lipinski definition) is 1. The fourth-order valence-corrected chi connectivity index (χ4v) is 4.89.